The third-order valence-corrected chi connectivity index (χ3v) is 8.75. The second kappa shape index (κ2) is 14.3. The largest absolute Gasteiger partial charge is 0.364 e. The van der Waals surface area contributed by atoms with Crippen LogP contribution < -0.4 is 10.2 Å². The van der Waals surface area contributed by atoms with Crippen molar-refractivity contribution in [3.8, 4) is 17.2 Å². The number of hydrogen-bond acceptors (Lipinski definition) is 5. The first kappa shape index (κ1) is 30.9. The minimum atomic E-state index is -0.231. The van der Waals surface area contributed by atoms with Gasteiger partial charge < -0.3 is 15.1 Å². The molecule has 1 unspecified atom stereocenters. The van der Waals surface area contributed by atoms with Crippen LogP contribution in [0.5, 0.6) is 0 Å². The van der Waals surface area contributed by atoms with Crippen molar-refractivity contribution in [1.82, 2.24) is 15.2 Å². The van der Waals surface area contributed by atoms with Gasteiger partial charge >= 0.3 is 0 Å². The Balaban J connectivity index is 1.16. The van der Waals surface area contributed by atoms with E-state index in [9.17, 15) is 14.4 Å². The average molecular weight is 590 g/mol. The summed E-state index contributed by atoms with van der Waals surface area (Å²) < 4.78 is 14.0. The Morgan fingerprint density at radius 2 is 1.70 bits per heavy atom. The van der Waals surface area contributed by atoms with E-state index in [2.05, 4.69) is 45.2 Å². The van der Waals surface area contributed by atoms with Gasteiger partial charge in [0.2, 0.25) is 0 Å². The minimum Gasteiger partial charge on any atom is -0.364 e. The summed E-state index contributed by atoms with van der Waals surface area (Å²) in [6.45, 7) is 9.34. The predicted octanol–water partition coefficient (Wildman–Crippen LogP) is 7.06. The van der Waals surface area contributed by atoms with E-state index in [1.807, 2.05) is 56.3 Å². The molecule has 6 nitrogen and oxygen atoms in total. The van der Waals surface area contributed by atoms with E-state index in [0.717, 1.165) is 71.4 Å². The molecule has 0 aliphatic carbocycles. The molecule has 4 aromatic rings. The van der Waals surface area contributed by atoms with E-state index < -0.39 is 0 Å². The highest BCUT2D eigenvalue weighted by atomic mass is 19.1. The van der Waals surface area contributed by atoms with Crippen LogP contribution in [0.15, 0.2) is 85.2 Å². The highest BCUT2D eigenvalue weighted by Crippen LogP contribution is 2.28. The molecule has 0 saturated carbocycles. The molecule has 1 amide bonds. The molecule has 1 atom stereocenters. The van der Waals surface area contributed by atoms with E-state index in [1.165, 1.54) is 6.07 Å². The van der Waals surface area contributed by atoms with Gasteiger partial charge in [-0.3, -0.25) is 9.78 Å². The van der Waals surface area contributed by atoms with Gasteiger partial charge in [0.1, 0.15) is 5.82 Å². The topological polar surface area (TPSA) is 72.3 Å². The molecule has 1 aliphatic heterocycles. The Morgan fingerprint density at radius 3 is 2.34 bits per heavy atom. The summed E-state index contributed by atoms with van der Waals surface area (Å²) in [5, 5.41) is 12.4. The number of halogens is 1. The van der Waals surface area contributed by atoms with Crippen molar-refractivity contribution in [1.29, 1.82) is 5.26 Å². The zero-order chi connectivity index (χ0) is 31.1. The number of rotatable bonds is 10. The van der Waals surface area contributed by atoms with E-state index >= 15 is 0 Å². The van der Waals surface area contributed by atoms with Gasteiger partial charge in [-0.2, -0.15) is 5.26 Å². The number of hydrogen-bond donors (Lipinski definition) is 1. The Kier molecular flexibility index (Phi) is 10.0. The van der Waals surface area contributed by atoms with Gasteiger partial charge in [0.25, 0.3) is 5.91 Å². The number of benzene rings is 3. The van der Waals surface area contributed by atoms with Crippen LogP contribution in [-0.4, -0.2) is 47.5 Å². The van der Waals surface area contributed by atoms with Gasteiger partial charge in [-0.15, -0.1) is 0 Å². The molecule has 1 aliphatic rings. The maximum atomic E-state index is 14.0. The van der Waals surface area contributed by atoms with Crippen LogP contribution in [0, 0.1) is 31.0 Å². The van der Waals surface area contributed by atoms with E-state index in [0.29, 0.717) is 30.7 Å². The molecule has 3 aromatic carbocycles. The average Bonchev–Trinajstić information content (AvgIpc) is 3.04. The lowest BCUT2D eigenvalue weighted by Crippen LogP contribution is -2.48. The van der Waals surface area contributed by atoms with E-state index in [-0.39, 0.29) is 11.7 Å². The normalized spacial score (nSPS) is 14.5. The zero-order valence-electron chi connectivity index (χ0n) is 25.8. The van der Waals surface area contributed by atoms with Crippen molar-refractivity contribution in [3.05, 3.63) is 119 Å². The Labute approximate surface area is 260 Å². The van der Waals surface area contributed by atoms with Crippen LogP contribution >= 0.6 is 0 Å². The van der Waals surface area contributed by atoms with E-state index in [1.54, 1.807) is 24.5 Å². The maximum absolute atomic E-state index is 14.0. The number of likely N-dealkylation sites (tertiary alicyclic amines) is 1. The van der Waals surface area contributed by atoms with Gasteiger partial charge in [-0.1, -0.05) is 24.3 Å². The minimum absolute atomic E-state index is 0.0254. The van der Waals surface area contributed by atoms with Gasteiger partial charge in [0, 0.05) is 61.9 Å². The summed E-state index contributed by atoms with van der Waals surface area (Å²) in [6, 6.07) is 25.4. The lowest BCUT2D eigenvalue weighted by molar-refractivity contribution is 0.0944. The number of carbonyl (C=O) groups is 1. The van der Waals surface area contributed by atoms with Gasteiger partial charge in [-0.25, -0.2) is 4.39 Å². The summed E-state index contributed by atoms with van der Waals surface area (Å²) in [4.78, 5) is 22.1. The highest BCUT2D eigenvalue weighted by Gasteiger charge is 2.27. The lowest BCUT2D eigenvalue weighted by Gasteiger charge is -2.42. The van der Waals surface area contributed by atoms with Crippen molar-refractivity contribution in [2.24, 2.45) is 0 Å². The number of piperidine rings is 1. The molecule has 1 N–H and O–H groups in total. The lowest BCUT2D eigenvalue weighted by atomic mass is 9.95. The Morgan fingerprint density at radius 1 is 1.02 bits per heavy atom. The molecule has 0 bridgehead atoms. The third-order valence-electron chi connectivity index (χ3n) is 8.75. The van der Waals surface area contributed by atoms with Crippen LogP contribution in [0.25, 0.3) is 11.1 Å². The quantitative estimate of drug-likeness (QED) is 0.215. The molecule has 44 heavy (non-hydrogen) atoms. The molecule has 226 valence electrons. The number of pyridine rings is 1. The standard InChI is InChI=1S/C37H40FN5O/c1-26-21-32(31-12-16-40-17-13-31)22-27(2)36(26)37(44)41-18-11-28(3)42-19-14-35(15-20-42)43(25-30-5-4-6-33(38)23-30)34-9-7-29(24-39)8-10-34/h4-10,12-13,16-17,21-23,28,35H,11,14-15,18-20,25H2,1-3H3,(H,41,44). The zero-order valence-corrected chi connectivity index (χ0v) is 25.8. The number of anilines is 1. The molecule has 5 rings (SSSR count). The SMILES string of the molecule is Cc1cc(-c2ccncc2)cc(C)c1C(=O)NCCC(C)N1CCC(N(Cc2cccc(F)c2)c2ccc(C#N)cc2)CC1. The first-order chi connectivity index (χ1) is 21.3. The van der Waals surface area contributed by atoms with Crippen LogP contribution in [-0.2, 0) is 6.54 Å². The van der Waals surface area contributed by atoms with Crippen molar-refractivity contribution in [2.45, 2.75) is 58.7 Å². The fourth-order valence-electron chi connectivity index (χ4n) is 6.33. The maximum Gasteiger partial charge on any atom is 0.251 e. The summed E-state index contributed by atoms with van der Waals surface area (Å²) in [7, 11) is 0. The van der Waals surface area contributed by atoms with Gasteiger partial charge in [0.05, 0.1) is 11.6 Å². The van der Waals surface area contributed by atoms with Crippen molar-refractivity contribution in [3.63, 3.8) is 0 Å². The fourth-order valence-corrected chi connectivity index (χ4v) is 6.33. The number of aromatic nitrogens is 1. The van der Waals surface area contributed by atoms with Gasteiger partial charge in [0.15, 0.2) is 0 Å². The molecule has 1 aromatic heterocycles. The van der Waals surface area contributed by atoms with Crippen molar-refractivity contribution < 1.29 is 9.18 Å². The molecule has 2 heterocycles. The number of nitriles is 1. The summed E-state index contributed by atoms with van der Waals surface area (Å²) in [5.41, 5.74) is 7.46. The first-order valence-corrected chi connectivity index (χ1v) is 15.4. The second-order valence-electron chi connectivity index (χ2n) is 11.8. The van der Waals surface area contributed by atoms with Gasteiger partial charge in [-0.05, 0) is 116 Å². The van der Waals surface area contributed by atoms with Crippen LogP contribution in [0.1, 0.15) is 58.8 Å². The summed E-state index contributed by atoms with van der Waals surface area (Å²) in [5.74, 6) is -0.257. The molecule has 1 saturated heterocycles. The molecule has 1 fully saturated rings. The first-order valence-electron chi connectivity index (χ1n) is 15.4. The fraction of sp³-hybridized carbons (Fsp3) is 0.324. The number of carbonyl (C=O) groups excluding carboxylic acids is 1. The number of nitrogens with zero attached hydrogens (tertiary/aromatic N) is 4. The van der Waals surface area contributed by atoms with E-state index in [4.69, 9.17) is 0 Å². The summed E-state index contributed by atoms with van der Waals surface area (Å²) >= 11 is 0. The molecular weight excluding hydrogens is 549 g/mol. The number of amides is 1. The third kappa shape index (κ3) is 7.50. The predicted molar refractivity (Wildman–Crippen MR) is 174 cm³/mol. The van der Waals surface area contributed by atoms with Crippen molar-refractivity contribution >= 4 is 11.6 Å². The number of aryl methyl sites for hydroxylation is 2. The monoisotopic (exact) mass is 589 g/mol. The second-order valence-corrected chi connectivity index (χ2v) is 11.8. The highest BCUT2D eigenvalue weighted by molar-refractivity contribution is 5.97. The number of nitrogens with one attached hydrogen (secondary N) is 1. The molecule has 0 radical (unpaired) electrons. The van der Waals surface area contributed by atoms with Crippen LogP contribution in [0.3, 0.4) is 0 Å². The van der Waals surface area contributed by atoms with Crippen LogP contribution in [0.4, 0.5) is 10.1 Å². The molecule has 7 heteroatoms. The van der Waals surface area contributed by atoms with Crippen molar-refractivity contribution in [2.75, 3.05) is 24.5 Å². The van der Waals surface area contributed by atoms with Crippen LogP contribution in [0.2, 0.25) is 0 Å². The molecule has 0 spiro atoms. The molecular formula is C37H40FN5O. The Bertz CT molecular complexity index is 1580. The summed E-state index contributed by atoms with van der Waals surface area (Å²) in [6.07, 6.45) is 6.39. The Hall–Kier alpha value is -4.54. The smallest absolute Gasteiger partial charge is 0.251 e.